The Kier molecular flexibility index (Phi) is 7.53. The maximum absolute atomic E-state index is 14.1. The number of nitrogens with two attached hydrogens (primary N) is 1. The summed E-state index contributed by atoms with van der Waals surface area (Å²) in [5, 5.41) is 20.0. The number of hydrogen-bond donors (Lipinski definition) is 5. The molecule has 10 nitrogen and oxygen atoms in total. The molecule has 4 aromatic rings. The van der Waals surface area contributed by atoms with E-state index in [1.54, 1.807) is 12.1 Å². The first kappa shape index (κ1) is 26.5. The van der Waals surface area contributed by atoms with Crippen molar-refractivity contribution in [3.63, 3.8) is 0 Å². The molecule has 2 heterocycles. The smallest absolute Gasteiger partial charge is 0.268 e. The average Bonchev–Trinajstić information content (AvgIpc) is 2.87. The molecule has 0 aliphatic carbocycles. The van der Waals surface area contributed by atoms with Crippen LogP contribution in [0.3, 0.4) is 0 Å². The first-order valence-electron chi connectivity index (χ1n) is 11.4. The summed E-state index contributed by atoms with van der Waals surface area (Å²) in [6.07, 6.45) is 1.23. The Bertz CT molecular complexity index is 1640. The fraction of sp³-hybridized carbons (Fsp3) is 0.154. The van der Waals surface area contributed by atoms with E-state index in [2.05, 4.69) is 32.9 Å². The van der Waals surface area contributed by atoms with E-state index in [0.717, 1.165) is 5.56 Å². The Morgan fingerprint density at radius 3 is 2.61 bits per heavy atom. The van der Waals surface area contributed by atoms with Crippen molar-refractivity contribution in [2.24, 2.45) is 0 Å². The molecule has 0 spiro atoms. The van der Waals surface area contributed by atoms with Gasteiger partial charge in [0.05, 0.1) is 36.2 Å². The number of aromatic nitrogens is 4. The summed E-state index contributed by atoms with van der Waals surface area (Å²) < 4.78 is 20.7. The van der Waals surface area contributed by atoms with Crippen molar-refractivity contribution in [1.82, 2.24) is 19.5 Å². The van der Waals surface area contributed by atoms with Gasteiger partial charge in [0.1, 0.15) is 40.4 Å². The predicted molar refractivity (Wildman–Crippen MR) is 147 cm³/mol. The van der Waals surface area contributed by atoms with Crippen LogP contribution in [0.5, 0.6) is 5.75 Å². The minimum atomic E-state index is -0.580. The number of rotatable bonds is 8. The first-order chi connectivity index (χ1) is 18.1. The summed E-state index contributed by atoms with van der Waals surface area (Å²) in [5.41, 5.74) is 7.46. The monoisotopic (exact) mass is 532 g/mol. The van der Waals surface area contributed by atoms with Crippen LogP contribution in [0.25, 0.3) is 5.69 Å². The van der Waals surface area contributed by atoms with E-state index in [1.807, 2.05) is 19.1 Å². The van der Waals surface area contributed by atoms with Crippen molar-refractivity contribution in [2.45, 2.75) is 25.4 Å². The number of para-hydroxylation sites is 1. The van der Waals surface area contributed by atoms with Gasteiger partial charge in [-0.15, -0.1) is 12.6 Å². The molecule has 0 bridgehead atoms. The van der Waals surface area contributed by atoms with Gasteiger partial charge in [-0.2, -0.15) is 0 Å². The van der Waals surface area contributed by atoms with E-state index in [4.69, 9.17) is 21.3 Å². The largest absolute Gasteiger partial charge is 0.497 e. The van der Waals surface area contributed by atoms with Crippen molar-refractivity contribution in [2.75, 3.05) is 18.2 Å². The molecule has 38 heavy (non-hydrogen) atoms. The fourth-order valence-electron chi connectivity index (χ4n) is 3.97. The second-order valence-electron chi connectivity index (χ2n) is 8.37. The van der Waals surface area contributed by atoms with Gasteiger partial charge in [0.2, 0.25) is 0 Å². The van der Waals surface area contributed by atoms with Crippen molar-refractivity contribution in [3.05, 3.63) is 93.0 Å². The lowest BCUT2D eigenvalue weighted by molar-refractivity contribution is 0.411. The summed E-state index contributed by atoms with van der Waals surface area (Å²) in [5.74, 6) is 0.141. The third-order valence-corrected chi connectivity index (χ3v) is 6.12. The van der Waals surface area contributed by atoms with Gasteiger partial charge in [0, 0.05) is 17.3 Å². The molecular formula is C26H25FN8O2S. The van der Waals surface area contributed by atoms with E-state index in [9.17, 15) is 9.18 Å². The molecule has 0 saturated heterocycles. The number of thiol groups is 1. The molecule has 0 aliphatic heterocycles. The van der Waals surface area contributed by atoms with Crippen LogP contribution in [-0.4, -0.2) is 38.1 Å². The van der Waals surface area contributed by atoms with Crippen LogP contribution in [0.4, 0.5) is 16.0 Å². The number of benzene rings is 2. The third kappa shape index (κ3) is 5.11. The van der Waals surface area contributed by atoms with Gasteiger partial charge in [-0.1, -0.05) is 18.2 Å². The molecule has 4 rings (SSSR count). The number of aryl methyl sites for hydroxylation is 1. The molecule has 0 aliphatic rings. The molecular weight excluding hydrogens is 507 g/mol. The first-order valence-corrected chi connectivity index (χ1v) is 11.8. The Labute approximate surface area is 223 Å². The molecule has 0 atom stereocenters. The quantitative estimate of drug-likeness (QED) is 0.131. The number of ether oxygens (including phenoxy) is 1. The van der Waals surface area contributed by atoms with Crippen LogP contribution in [0.1, 0.15) is 35.0 Å². The van der Waals surface area contributed by atoms with E-state index >= 15 is 0 Å². The zero-order valence-corrected chi connectivity index (χ0v) is 21.7. The van der Waals surface area contributed by atoms with Crippen LogP contribution in [-0.2, 0) is 6.54 Å². The zero-order valence-electron chi connectivity index (χ0n) is 20.8. The van der Waals surface area contributed by atoms with Gasteiger partial charge in [-0.25, -0.2) is 19.3 Å². The number of nitrogens with zero attached hydrogens (tertiary/aromatic N) is 4. The molecule has 2 aromatic carbocycles. The number of nitrogen functional groups attached to an aromatic ring is 1. The number of hydrogen-bond acceptors (Lipinski definition) is 10. The minimum Gasteiger partial charge on any atom is -0.497 e. The highest BCUT2D eigenvalue weighted by Gasteiger charge is 2.21. The Morgan fingerprint density at radius 2 is 1.92 bits per heavy atom. The van der Waals surface area contributed by atoms with E-state index in [0.29, 0.717) is 11.5 Å². The number of halogens is 1. The highest BCUT2D eigenvalue weighted by Crippen LogP contribution is 2.25. The lowest BCUT2D eigenvalue weighted by Crippen LogP contribution is -2.31. The summed E-state index contributed by atoms with van der Waals surface area (Å²) >= 11 is 4.37. The van der Waals surface area contributed by atoms with E-state index in [-0.39, 0.29) is 57.1 Å². The Morgan fingerprint density at radius 1 is 1.18 bits per heavy atom. The highest BCUT2D eigenvalue weighted by molar-refractivity contribution is 7.80. The molecule has 12 heteroatoms. The predicted octanol–water partition coefficient (Wildman–Crippen LogP) is 3.77. The Balaban J connectivity index is 1.80. The molecule has 0 radical (unpaired) electrons. The molecule has 2 aromatic heterocycles. The van der Waals surface area contributed by atoms with Gasteiger partial charge in [0.15, 0.2) is 0 Å². The average molecular weight is 533 g/mol. The molecule has 5 N–H and O–H groups in total. The third-order valence-electron chi connectivity index (χ3n) is 5.80. The van der Waals surface area contributed by atoms with Crippen LogP contribution in [0.2, 0.25) is 0 Å². The second kappa shape index (κ2) is 10.8. The fourth-order valence-corrected chi connectivity index (χ4v) is 4.35. The lowest BCUT2D eigenvalue weighted by atomic mass is 10.0. The van der Waals surface area contributed by atoms with Crippen molar-refractivity contribution in [3.8, 4) is 11.4 Å². The van der Waals surface area contributed by atoms with Crippen molar-refractivity contribution in [1.29, 1.82) is 10.8 Å². The molecule has 0 saturated carbocycles. The minimum absolute atomic E-state index is 0.00430. The van der Waals surface area contributed by atoms with Crippen molar-refractivity contribution >= 4 is 35.7 Å². The number of methoxy groups -OCH3 is 1. The maximum atomic E-state index is 14.1. The van der Waals surface area contributed by atoms with Gasteiger partial charge in [-0.05, 0) is 37.6 Å². The van der Waals surface area contributed by atoms with E-state index in [1.165, 1.54) is 43.1 Å². The SMILES string of the molecule is COc1cc(F)cc(C(=N)c2c(N)ncnc2NCc2nc(S)c(C(C)=N)c(=O)n2-c2ccccc2C)c1. The van der Waals surface area contributed by atoms with Crippen LogP contribution in [0.15, 0.2) is 58.6 Å². The van der Waals surface area contributed by atoms with Crippen LogP contribution in [0, 0.1) is 23.6 Å². The molecule has 0 amide bonds. The standard InChI is InChI=1S/C26H25FN8O2S/c1-13-6-4-5-7-18(13)35-19(34-25(38)20(14(2)28)26(35)36)11-31-24-21(23(30)32-12-33-24)22(29)15-8-16(27)10-17(9-15)37-3/h4-10,12,28-29,38H,11H2,1-3H3,(H3,30,31,32,33). The van der Waals surface area contributed by atoms with Gasteiger partial charge >= 0.3 is 0 Å². The lowest BCUT2D eigenvalue weighted by Gasteiger charge is -2.18. The summed E-state index contributed by atoms with van der Waals surface area (Å²) in [7, 11) is 1.40. The van der Waals surface area contributed by atoms with Crippen LogP contribution >= 0.6 is 12.6 Å². The summed E-state index contributed by atoms with van der Waals surface area (Å²) in [6, 6.07) is 11.2. The van der Waals surface area contributed by atoms with E-state index < -0.39 is 11.4 Å². The molecule has 194 valence electrons. The maximum Gasteiger partial charge on any atom is 0.268 e. The topological polar surface area (TPSA) is 156 Å². The molecule has 0 unspecified atom stereocenters. The molecule has 0 fully saturated rings. The van der Waals surface area contributed by atoms with Crippen LogP contribution < -0.4 is 21.3 Å². The normalized spacial score (nSPS) is 10.8. The summed E-state index contributed by atoms with van der Waals surface area (Å²) in [4.78, 5) is 26.2. The van der Waals surface area contributed by atoms with Gasteiger partial charge in [-0.3, -0.25) is 14.8 Å². The van der Waals surface area contributed by atoms with Gasteiger partial charge < -0.3 is 21.2 Å². The number of nitrogens with one attached hydrogen (secondary N) is 3. The zero-order chi connectivity index (χ0) is 27.6. The highest BCUT2D eigenvalue weighted by atomic mass is 32.1. The number of anilines is 2. The summed E-state index contributed by atoms with van der Waals surface area (Å²) in [6.45, 7) is 3.35. The Hall–Kier alpha value is -4.58. The van der Waals surface area contributed by atoms with Gasteiger partial charge in [0.25, 0.3) is 5.56 Å². The second-order valence-corrected chi connectivity index (χ2v) is 8.79. The van der Waals surface area contributed by atoms with Crippen molar-refractivity contribution < 1.29 is 9.13 Å².